The van der Waals surface area contributed by atoms with Crippen LogP contribution in [0.2, 0.25) is 118 Å². The Morgan fingerprint density at radius 1 is 0.298 bits per heavy atom. The highest BCUT2D eigenvalue weighted by molar-refractivity contribution is 7.41. The first-order valence-corrected chi connectivity index (χ1v) is 41.9. The third-order valence-corrected chi connectivity index (χ3v) is 28.4. The van der Waals surface area contributed by atoms with E-state index in [1.807, 2.05) is 0 Å². The van der Waals surface area contributed by atoms with Crippen molar-refractivity contribution in [3.8, 4) is 0 Å². The average molecular weight is 770 g/mol. The van der Waals surface area contributed by atoms with Crippen molar-refractivity contribution >= 4 is 114 Å². The zero-order valence-electron chi connectivity index (χ0n) is 34.3. The molecule has 3 aromatic rings. The van der Waals surface area contributed by atoms with Gasteiger partial charge in [0.25, 0.3) is 0 Å². The third-order valence-electron chi connectivity index (χ3n) is 10.4. The normalized spacial score (nSPS) is 14.2. The minimum atomic E-state index is -3.07. The molecule has 0 aromatic heterocycles. The minimum Gasteiger partial charge on any atom is -0.149 e. The Hall–Kier alpha value is -0.532. The van der Waals surface area contributed by atoms with E-state index < -0.39 is 55.8 Å². The molecule has 260 valence electrons. The van der Waals surface area contributed by atoms with E-state index in [1.54, 1.807) is 31.1 Å². The number of hydrogen-bond donors (Lipinski definition) is 0. The van der Waals surface area contributed by atoms with Crippen LogP contribution >= 0.6 is 11.1 Å². The number of hydrogen-bond acceptors (Lipinski definition) is 0. The van der Waals surface area contributed by atoms with Gasteiger partial charge in [0.15, 0.2) is 0 Å². The van der Waals surface area contributed by atoms with Gasteiger partial charge >= 0.3 is 0 Å². The summed E-state index contributed by atoms with van der Waals surface area (Å²) in [6.45, 7) is 52.8. The number of halogens is 1. The third kappa shape index (κ3) is 8.34. The first kappa shape index (κ1) is 40.9. The molecule has 0 aliphatic heterocycles. The molecule has 0 radical (unpaired) electrons. The van der Waals surface area contributed by atoms with Crippen LogP contribution in [0.1, 0.15) is 16.7 Å². The van der Waals surface area contributed by atoms with Gasteiger partial charge in [0, 0.05) is 0 Å². The predicted molar refractivity (Wildman–Crippen MR) is 242 cm³/mol. The Morgan fingerprint density at radius 3 is 0.617 bits per heavy atom. The van der Waals surface area contributed by atoms with E-state index in [4.69, 9.17) is 11.1 Å². The van der Waals surface area contributed by atoms with E-state index in [1.165, 1.54) is 32.3 Å². The summed E-state index contributed by atoms with van der Waals surface area (Å²) >= 11 is 9.00. The Morgan fingerprint density at radius 2 is 0.468 bits per heavy atom. The van der Waals surface area contributed by atoms with Crippen LogP contribution in [0.5, 0.6) is 0 Å². The highest BCUT2D eigenvalue weighted by Crippen LogP contribution is 2.22. The molecule has 47 heavy (non-hydrogen) atoms. The molecule has 0 bridgehead atoms. The van der Waals surface area contributed by atoms with Gasteiger partial charge in [-0.05, 0) is 36.3 Å². The summed E-state index contributed by atoms with van der Waals surface area (Å²) in [6.07, 6.45) is 0. The fraction of sp³-hybridized carbons (Fsp3) is 0.538. The maximum absolute atomic E-state index is 9.00. The molecule has 0 nitrogen and oxygen atoms in total. The highest BCUT2D eigenvalue weighted by atomic mass is 35.6. The van der Waals surface area contributed by atoms with Gasteiger partial charge in [-0.2, -0.15) is 0 Å². The van der Waals surface area contributed by atoms with E-state index in [-0.39, 0.29) is 0 Å². The standard InChI is InChI=1S/C39H69ClSi7/c1-28-34(44(13,14)15)22-31(41(4,5)6)25-37(28)47(40,38-26-32(42(7,8)9)23-35(29(38)2)45(16,17)18)39-27-33(43(10,11)12)24-36(30(39)3)46(19,20)21/h22-27H,1-21H3. The van der Waals surface area contributed by atoms with Gasteiger partial charge in [0.1, 0.15) is 0 Å². The highest BCUT2D eigenvalue weighted by Gasteiger charge is 2.46. The molecule has 8 heteroatoms. The summed E-state index contributed by atoms with van der Waals surface area (Å²) in [4.78, 5) is 0. The van der Waals surface area contributed by atoms with Crippen molar-refractivity contribution < 1.29 is 0 Å². The second kappa shape index (κ2) is 12.9. The lowest BCUT2D eigenvalue weighted by atomic mass is 10.2. The molecule has 0 saturated carbocycles. The van der Waals surface area contributed by atoms with Gasteiger partial charge in [-0.3, -0.25) is 0 Å². The molecular weight excluding hydrogens is 700 g/mol. The van der Waals surface area contributed by atoms with Crippen molar-refractivity contribution in [2.45, 2.75) is 139 Å². The molecule has 0 saturated heterocycles. The molecule has 0 fully saturated rings. The fourth-order valence-electron chi connectivity index (χ4n) is 7.29. The van der Waals surface area contributed by atoms with Gasteiger partial charge in [-0.1, -0.05) is 202 Å². The fourth-order valence-corrected chi connectivity index (χ4v) is 23.2. The number of benzene rings is 3. The Balaban J connectivity index is 2.86. The topological polar surface area (TPSA) is 0 Å². The maximum Gasteiger partial charge on any atom is 0.248 e. The van der Waals surface area contributed by atoms with Crippen molar-refractivity contribution in [3.63, 3.8) is 0 Å². The Bertz CT molecular complexity index is 1470. The van der Waals surface area contributed by atoms with Crippen molar-refractivity contribution in [2.24, 2.45) is 0 Å². The van der Waals surface area contributed by atoms with Crippen LogP contribution in [0, 0.1) is 20.8 Å². The van der Waals surface area contributed by atoms with Crippen molar-refractivity contribution in [1.82, 2.24) is 0 Å². The molecule has 3 rings (SSSR count). The number of rotatable bonds is 9. The minimum absolute atomic E-state index is 1.48. The van der Waals surface area contributed by atoms with Gasteiger partial charge in [0.05, 0.1) is 48.4 Å². The van der Waals surface area contributed by atoms with Crippen molar-refractivity contribution in [1.29, 1.82) is 0 Å². The molecule has 3 aromatic carbocycles. The summed E-state index contributed by atoms with van der Waals surface area (Å²) in [7, 11) is -13.1. The lowest BCUT2D eigenvalue weighted by Gasteiger charge is -2.39. The summed E-state index contributed by atoms with van der Waals surface area (Å²) < 4.78 is 0. The zero-order chi connectivity index (χ0) is 36.7. The Kier molecular flexibility index (Phi) is 11.2. The lowest BCUT2D eigenvalue weighted by Crippen LogP contribution is -2.71. The summed E-state index contributed by atoms with van der Waals surface area (Å²) in [5.41, 5.74) is 4.44. The van der Waals surface area contributed by atoms with E-state index in [9.17, 15) is 0 Å². The smallest absolute Gasteiger partial charge is 0.149 e. The van der Waals surface area contributed by atoms with Crippen LogP contribution in [0.3, 0.4) is 0 Å². The second-order valence-corrected chi connectivity index (χ2v) is 55.7. The quantitative estimate of drug-likeness (QED) is 0.124. The molecule has 0 spiro atoms. The molecule has 0 aliphatic carbocycles. The average Bonchev–Trinajstić information content (AvgIpc) is 2.84. The second-order valence-electron chi connectivity index (χ2n) is 20.7. The molecule has 0 aliphatic rings. The maximum atomic E-state index is 9.00. The summed E-state index contributed by atoms with van der Waals surface area (Å²) in [6, 6.07) is 15.8. The van der Waals surface area contributed by atoms with Gasteiger partial charge < -0.3 is 0 Å². The van der Waals surface area contributed by atoms with Crippen LogP contribution in [-0.4, -0.2) is 55.8 Å². The van der Waals surface area contributed by atoms with Crippen molar-refractivity contribution in [2.75, 3.05) is 0 Å². The van der Waals surface area contributed by atoms with Crippen LogP contribution in [0.25, 0.3) is 0 Å². The van der Waals surface area contributed by atoms with E-state index in [0.717, 1.165) is 0 Å². The molecule has 0 N–H and O–H groups in total. The van der Waals surface area contributed by atoms with E-state index in [2.05, 4.69) is 175 Å². The van der Waals surface area contributed by atoms with Crippen LogP contribution in [-0.2, 0) is 0 Å². The summed E-state index contributed by atoms with van der Waals surface area (Å²) in [5.74, 6) is 0. The predicted octanol–water partition coefficient (Wildman–Crippen LogP) is 7.09. The lowest BCUT2D eigenvalue weighted by molar-refractivity contribution is 1.49. The molecule has 0 unspecified atom stereocenters. The van der Waals surface area contributed by atoms with Crippen LogP contribution < -0.4 is 46.7 Å². The molecular formula is C39H69ClSi7. The molecule has 0 amide bonds. The first-order chi connectivity index (χ1) is 20.7. The van der Waals surface area contributed by atoms with E-state index >= 15 is 0 Å². The van der Waals surface area contributed by atoms with Crippen molar-refractivity contribution in [3.05, 3.63) is 53.1 Å². The largest absolute Gasteiger partial charge is 0.248 e. The molecule has 0 heterocycles. The molecule has 0 atom stereocenters. The zero-order valence-corrected chi connectivity index (χ0v) is 42.1. The van der Waals surface area contributed by atoms with Gasteiger partial charge in [0.2, 0.25) is 7.38 Å². The SMILES string of the molecule is Cc1c([Si](C)(C)C)cc([Si](C)(C)C)cc1[Si](Cl)(c1cc([Si](C)(C)C)cc([Si](C)(C)C)c1C)c1cc([Si](C)(C)C)cc([Si](C)(C)C)c1C. The summed E-state index contributed by atoms with van der Waals surface area (Å²) in [5, 5.41) is 14.0. The first-order valence-electron chi connectivity index (χ1n) is 17.9. The van der Waals surface area contributed by atoms with Gasteiger partial charge in [-0.25, -0.2) is 0 Å². The van der Waals surface area contributed by atoms with Crippen LogP contribution in [0.15, 0.2) is 36.4 Å². The van der Waals surface area contributed by atoms with Crippen LogP contribution in [0.4, 0.5) is 0 Å². The van der Waals surface area contributed by atoms with Gasteiger partial charge in [-0.15, -0.1) is 11.1 Å². The Labute approximate surface area is 303 Å². The van der Waals surface area contributed by atoms with E-state index in [0.29, 0.717) is 0 Å². The monoisotopic (exact) mass is 768 g/mol.